The fourth-order valence-electron chi connectivity index (χ4n) is 5.39. The van der Waals surface area contributed by atoms with E-state index in [0.29, 0.717) is 33.0 Å². The molecule has 1 atom stereocenters. The van der Waals surface area contributed by atoms with E-state index in [4.69, 9.17) is 4.74 Å². The molecule has 4 aromatic carbocycles. The molecule has 6 aromatic rings. The third-order valence-corrected chi connectivity index (χ3v) is 11.3. The highest BCUT2D eigenvalue weighted by Crippen LogP contribution is 2.40. The van der Waals surface area contributed by atoms with Gasteiger partial charge in [0.15, 0.2) is 0 Å². The minimum absolute atomic E-state index is 0.0559. The molecule has 4 N–H and O–H groups in total. The number of methoxy groups -OCH3 is 1. The summed E-state index contributed by atoms with van der Waals surface area (Å²) >= 11 is 3.64. The summed E-state index contributed by atoms with van der Waals surface area (Å²) in [6.07, 6.45) is 1.61. The molecule has 2 heterocycles. The number of hydrogen-bond donors (Lipinski definition) is 4. The highest BCUT2D eigenvalue weighted by molar-refractivity contribution is 8.00. The fraction of sp³-hybridized carbons (Fsp3) is 0.0714. The molecule has 55 heavy (non-hydrogen) atoms. The van der Waals surface area contributed by atoms with E-state index >= 15 is 0 Å². The standard InChI is InChI=1S/C42H34N4O6S3/c1-26-34(42(51)52-2)41(55-35(26)39(49)43-29-18-10-5-11-19-29)46-40(50)36(27-14-6-3-7-15-27)54-32-21-12-20-30(24-32)44-38(48)33(25-31-22-13-23-53-31)45-37(47)28-16-8-4-9-17-28/h3-25,36H,1-2H3,(H,43,49)(H,44,48)(H,45,47)(H,46,50)/b33-25-. The zero-order valence-corrected chi connectivity index (χ0v) is 32.0. The zero-order chi connectivity index (χ0) is 38.7. The minimum atomic E-state index is -0.818. The first-order valence-electron chi connectivity index (χ1n) is 16.8. The highest BCUT2D eigenvalue weighted by atomic mass is 32.2. The normalized spacial score (nSPS) is 11.6. The number of hydrogen-bond acceptors (Lipinski definition) is 9. The molecule has 0 aliphatic rings. The zero-order valence-electron chi connectivity index (χ0n) is 29.5. The lowest BCUT2D eigenvalue weighted by Gasteiger charge is -2.18. The number of nitrogens with one attached hydrogen (secondary N) is 4. The molecule has 0 aliphatic carbocycles. The van der Waals surface area contributed by atoms with Crippen molar-refractivity contribution in [2.75, 3.05) is 23.1 Å². The second kappa shape index (κ2) is 18.2. The molecule has 0 bridgehead atoms. The number of anilines is 3. The Morgan fingerprint density at radius 3 is 2.07 bits per heavy atom. The number of ether oxygens (including phenoxy) is 1. The lowest BCUT2D eigenvalue weighted by Crippen LogP contribution is -2.30. The first-order valence-corrected chi connectivity index (χ1v) is 19.4. The van der Waals surface area contributed by atoms with Crippen molar-refractivity contribution in [1.82, 2.24) is 5.32 Å². The van der Waals surface area contributed by atoms with Gasteiger partial charge in [-0.05, 0) is 78.0 Å². The summed E-state index contributed by atoms with van der Waals surface area (Å²) in [5, 5.41) is 12.6. The lowest BCUT2D eigenvalue weighted by molar-refractivity contribution is -0.116. The van der Waals surface area contributed by atoms with Gasteiger partial charge in [0.2, 0.25) is 5.91 Å². The largest absolute Gasteiger partial charge is 0.465 e. The summed E-state index contributed by atoms with van der Waals surface area (Å²) in [7, 11) is 1.24. The van der Waals surface area contributed by atoms with Gasteiger partial charge in [-0.25, -0.2) is 4.79 Å². The Morgan fingerprint density at radius 2 is 1.40 bits per heavy atom. The van der Waals surface area contributed by atoms with Gasteiger partial charge >= 0.3 is 5.97 Å². The van der Waals surface area contributed by atoms with E-state index in [1.807, 2.05) is 60.0 Å². The van der Waals surface area contributed by atoms with Crippen LogP contribution in [-0.4, -0.2) is 36.7 Å². The van der Waals surface area contributed by atoms with Crippen molar-refractivity contribution in [2.24, 2.45) is 0 Å². The molecule has 4 amide bonds. The van der Waals surface area contributed by atoms with Crippen molar-refractivity contribution in [2.45, 2.75) is 17.1 Å². The Balaban J connectivity index is 1.24. The van der Waals surface area contributed by atoms with E-state index in [2.05, 4.69) is 21.3 Å². The summed E-state index contributed by atoms with van der Waals surface area (Å²) in [5.41, 5.74) is 2.62. The fourth-order valence-corrected chi connectivity index (χ4v) is 8.23. The number of amides is 4. The summed E-state index contributed by atoms with van der Waals surface area (Å²) in [6, 6.07) is 37.3. The molecule has 6 rings (SSSR count). The second-order valence-electron chi connectivity index (χ2n) is 11.8. The van der Waals surface area contributed by atoms with Gasteiger partial charge in [-0.1, -0.05) is 78.9 Å². The van der Waals surface area contributed by atoms with Crippen LogP contribution in [0, 0.1) is 6.92 Å². The Hall–Kier alpha value is -6.28. The smallest absolute Gasteiger partial charge is 0.341 e. The SMILES string of the molecule is COC(=O)c1c(NC(=O)C(Sc2cccc(NC(=O)/C(=C/c3cccs3)NC(=O)c3ccccc3)c2)c2ccccc2)sc(C(=O)Nc2ccccc2)c1C. The van der Waals surface area contributed by atoms with Gasteiger partial charge in [0.25, 0.3) is 17.7 Å². The number of rotatable bonds is 13. The van der Waals surface area contributed by atoms with Crippen LogP contribution < -0.4 is 21.3 Å². The Labute approximate surface area is 329 Å². The topological polar surface area (TPSA) is 143 Å². The summed E-state index contributed by atoms with van der Waals surface area (Å²) in [5.74, 6) is -2.53. The Kier molecular flexibility index (Phi) is 12.7. The van der Waals surface area contributed by atoms with Crippen LogP contribution in [0.1, 0.15) is 51.6 Å². The molecule has 2 aromatic heterocycles. The molecule has 10 nitrogen and oxygen atoms in total. The third kappa shape index (κ3) is 9.83. The van der Waals surface area contributed by atoms with E-state index in [1.165, 1.54) is 30.2 Å². The van der Waals surface area contributed by atoms with Crippen molar-refractivity contribution in [1.29, 1.82) is 0 Å². The highest BCUT2D eigenvalue weighted by Gasteiger charge is 2.30. The van der Waals surface area contributed by atoms with Crippen LogP contribution in [0.15, 0.2) is 143 Å². The predicted molar refractivity (Wildman–Crippen MR) is 220 cm³/mol. The summed E-state index contributed by atoms with van der Waals surface area (Å²) < 4.78 is 5.04. The van der Waals surface area contributed by atoms with Crippen molar-refractivity contribution >= 4 is 86.5 Å². The van der Waals surface area contributed by atoms with Gasteiger partial charge in [0.05, 0.1) is 17.6 Å². The number of thiophene rings is 2. The van der Waals surface area contributed by atoms with E-state index in [0.717, 1.165) is 16.2 Å². The van der Waals surface area contributed by atoms with E-state index in [9.17, 15) is 24.0 Å². The van der Waals surface area contributed by atoms with Crippen LogP contribution in [0.3, 0.4) is 0 Å². The van der Waals surface area contributed by atoms with Gasteiger partial charge < -0.3 is 26.0 Å². The molecule has 0 spiro atoms. The maximum atomic E-state index is 14.2. The van der Waals surface area contributed by atoms with Crippen LogP contribution in [0.25, 0.3) is 6.08 Å². The maximum Gasteiger partial charge on any atom is 0.341 e. The Bertz CT molecular complexity index is 2340. The van der Waals surface area contributed by atoms with Crippen LogP contribution in [0.2, 0.25) is 0 Å². The summed E-state index contributed by atoms with van der Waals surface area (Å²) in [4.78, 5) is 68.8. The number of esters is 1. The Morgan fingerprint density at radius 1 is 0.727 bits per heavy atom. The van der Waals surface area contributed by atoms with Gasteiger partial charge in [-0.2, -0.15) is 0 Å². The van der Waals surface area contributed by atoms with Crippen molar-refractivity contribution in [3.63, 3.8) is 0 Å². The average molecular weight is 787 g/mol. The van der Waals surface area contributed by atoms with Crippen molar-refractivity contribution < 1.29 is 28.7 Å². The monoisotopic (exact) mass is 786 g/mol. The maximum absolute atomic E-state index is 14.2. The van der Waals surface area contributed by atoms with E-state index in [-0.39, 0.29) is 21.1 Å². The molecule has 276 valence electrons. The van der Waals surface area contributed by atoms with Gasteiger partial charge in [-0.15, -0.1) is 34.4 Å². The number of carbonyl (C=O) groups is 5. The summed E-state index contributed by atoms with van der Waals surface area (Å²) in [6.45, 7) is 1.63. The molecule has 0 radical (unpaired) electrons. The molecular weight excluding hydrogens is 753 g/mol. The van der Waals surface area contributed by atoms with Gasteiger partial charge in [0, 0.05) is 26.7 Å². The molecule has 1 unspecified atom stereocenters. The molecule has 13 heteroatoms. The van der Waals surface area contributed by atoms with Crippen LogP contribution in [0.4, 0.5) is 16.4 Å². The van der Waals surface area contributed by atoms with E-state index < -0.39 is 34.8 Å². The van der Waals surface area contributed by atoms with E-state index in [1.54, 1.807) is 85.8 Å². The predicted octanol–water partition coefficient (Wildman–Crippen LogP) is 9.04. The van der Waals surface area contributed by atoms with Crippen molar-refractivity contribution in [3.8, 4) is 0 Å². The van der Waals surface area contributed by atoms with Crippen LogP contribution in [0.5, 0.6) is 0 Å². The van der Waals surface area contributed by atoms with Gasteiger partial charge in [-0.3, -0.25) is 19.2 Å². The molecular formula is C42H34N4O6S3. The second-order valence-corrected chi connectivity index (χ2v) is 15.0. The molecule has 0 fully saturated rings. The average Bonchev–Trinajstić information content (AvgIpc) is 3.84. The molecule has 0 aliphatic heterocycles. The number of benzene rings is 4. The first-order chi connectivity index (χ1) is 26.7. The number of carbonyl (C=O) groups excluding carboxylic acids is 5. The number of para-hydroxylation sites is 1. The van der Waals surface area contributed by atoms with Crippen molar-refractivity contribution in [3.05, 3.63) is 170 Å². The van der Waals surface area contributed by atoms with Gasteiger partial charge in [0.1, 0.15) is 15.9 Å². The molecule has 0 saturated carbocycles. The third-order valence-electron chi connectivity index (χ3n) is 8.06. The molecule has 0 saturated heterocycles. The minimum Gasteiger partial charge on any atom is -0.465 e. The van der Waals surface area contributed by atoms with Crippen LogP contribution >= 0.6 is 34.4 Å². The lowest BCUT2D eigenvalue weighted by atomic mass is 10.1. The van der Waals surface area contributed by atoms with Crippen LogP contribution in [-0.2, 0) is 14.3 Å². The quantitative estimate of drug-likeness (QED) is 0.0520. The number of thioether (sulfide) groups is 1. The first kappa shape index (κ1) is 38.4.